The van der Waals surface area contributed by atoms with E-state index in [4.69, 9.17) is 0 Å². The summed E-state index contributed by atoms with van der Waals surface area (Å²) in [6, 6.07) is 9.41. The number of rotatable bonds is 5. The third kappa shape index (κ3) is 3.74. The lowest BCUT2D eigenvalue weighted by atomic mass is 10.1. The first kappa shape index (κ1) is 13.9. The van der Waals surface area contributed by atoms with E-state index < -0.39 is 16.6 Å². The number of nitrogens with one attached hydrogen (secondary N) is 1. The monoisotopic (exact) mass is 278 g/mol. The number of non-ortho nitro benzene ring substituents is 1. The Morgan fingerprint density at radius 3 is 2.45 bits per heavy atom. The number of anilines is 1. The Hall–Kier alpha value is -2.50. The van der Waals surface area contributed by atoms with E-state index in [1.807, 2.05) is 0 Å². The number of halogens is 2. The lowest BCUT2D eigenvalue weighted by molar-refractivity contribution is -0.384. The number of benzene rings is 2. The fourth-order valence-electron chi connectivity index (χ4n) is 1.84. The molecular formula is C14H12F2N2O2. The average molecular weight is 278 g/mol. The molecule has 0 spiro atoms. The molecule has 104 valence electrons. The normalized spacial score (nSPS) is 10.3. The van der Waals surface area contributed by atoms with Crippen molar-refractivity contribution in [1.82, 2.24) is 0 Å². The minimum absolute atomic E-state index is 0.00759. The van der Waals surface area contributed by atoms with Crippen LogP contribution in [0.2, 0.25) is 0 Å². The Kier molecular flexibility index (Phi) is 4.24. The van der Waals surface area contributed by atoms with Crippen LogP contribution in [0.5, 0.6) is 0 Å². The van der Waals surface area contributed by atoms with E-state index in [1.54, 1.807) is 12.1 Å². The van der Waals surface area contributed by atoms with Gasteiger partial charge in [0.2, 0.25) is 0 Å². The highest BCUT2D eigenvalue weighted by molar-refractivity contribution is 5.50. The van der Waals surface area contributed by atoms with Crippen LogP contribution in [-0.4, -0.2) is 11.5 Å². The van der Waals surface area contributed by atoms with E-state index in [-0.39, 0.29) is 5.69 Å². The van der Waals surface area contributed by atoms with E-state index in [0.717, 1.165) is 6.07 Å². The maximum absolute atomic E-state index is 13.0. The van der Waals surface area contributed by atoms with E-state index in [1.165, 1.54) is 24.3 Å². The van der Waals surface area contributed by atoms with E-state index in [0.29, 0.717) is 24.2 Å². The van der Waals surface area contributed by atoms with Gasteiger partial charge in [0.1, 0.15) is 11.6 Å². The molecule has 2 aromatic carbocycles. The molecule has 0 amide bonds. The van der Waals surface area contributed by atoms with Gasteiger partial charge in [-0.05, 0) is 30.2 Å². The summed E-state index contributed by atoms with van der Waals surface area (Å²) in [7, 11) is 0. The van der Waals surface area contributed by atoms with Crippen molar-refractivity contribution in [3.63, 3.8) is 0 Å². The summed E-state index contributed by atoms with van der Waals surface area (Å²) >= 11 is 0. The molecule has 0 heterocycles. The molecule has 1 N–H and O–H groups in total. The zero-order valence-electron chi connectivity index (χ0n) is 10.5. The van der Waals surface area contributed by atoms with Crippen LogP contribution in [0.15, 0.2) is 42.5 Å². The fourth-order valence-corrected chi connectivity index (χ4v) is 1.84. The van der Waals surface area contributed by atoms with Crippen LogP contribution in [0.25, 0.3) is 0 Å². The Morgan fingerprint density at radius 2 is 1.80 bits per heavy atom. The van der Waals surface area contributed by atoms with E-state index in [2.05, 4.69) is 5.32 Å². The van der Waals surface area contributed by atoms with Crippen LogP contribution in [0.3, 0.4) is 0 Å². The van der Waals surface area contributed by atoms with Gasteiger partial charge >= 0.3 is 0 Å². The first-order valence-electron chi connectivity index (χ1n) is 5.98. The van der Waals surface area contributed by atoms with Gasteiger partial charge in [0.05, 0.1) is 4.92 Å². The van der Waals surface area contributed by atoms with Crippen LogP contribution >= 0.6 is 0 Å². The van der Waals surface area contributed by atoms with E-state index in [9.17, 15) is 18.9 Å². The molecule has 0 radical (unpaired) electrons. The molecule has 4 nitrogen and oxygen atoms in total. The topological polar surface area (TPSA) is 55.2 Å². The quantitative estimate of drug-likeness (QED) is 0.672. The lowest BCUT2D eigenvalue weighted by Crippen LogP contribution is -2.05. The van der Waals surface area contributed by atoms with E-state index >= 15 is 0 Å². The molecule has 2 aromatic rings. The summed E-state index contributed by atoms with van der Waals surface area (Å²) in [5, 5.41) is 13.6. The van der Waals surface area contributed by atoms with Gasteiger partial charge in [-0.2, -0.15) is 0 Å². The highest BCUT2D eigenvalue weighted by Crippen LogP contribution is 2.17. The highest BCUT2D eigenvalue weighted by atomic mass is 19.1. The van der Waals surface area contributed by atoms with Crippen molar-refractivity contribution in [2.24, 2.45) is 0 Å². The molecule has 0 saturated carbocycles. The molecule has 0 bridgehead atoms. The average Bonchev–Trinajstić information content (AvgIpc) is 2.38. The molecule has 0 saturated heterocycles. The molecule has 0 atom stereocenters. The minimum Gasteiger partial charge on any atom is -0.385 e. The third-order valence-corrected chi connectivity index (χ3v) is 2.72. The van der Waals surface area contributed by atoms with Gasteiger partial charge in [-0.1, -0.05) is 6.07 Å². The van der Waals surface area contributed by atoms with Gasteiger partial charge in [-0.3, -0.25) is 10.1 Å². The molecule has 0 aromatic heterocycles. The number of hydrogen-bond donors (Lipinski definition) is 1. The second kappa shape index (κ2) is 6.10. The van der Waals surface area contributed by atoms with Crippen LogP contribution in [0.4, 0.5) is 20.2 Å². The SMILES string of the molecule is O=[N+]([O-])c1cccc(NCCc2cc(F)cc(F)c2)c1. The van der Waals surface area contributed by atoms with Gasteiger partial charge < -0.3 is 5.32 Å². The number of nitro groups is 1. The highest BCUT2D eigenvalue weighted by Gasteiger charge is 2.05. The Labute approximate surface area is 114 Å². The molecular weight excluding hydrogens is 266 g/mol. The summed E-state index contributed by atoms with van der Waals surface area (Å²) in [4.78, 5) is 10.1. The van der Waals surface area contributed by atoms with Gasteiger partial charge in [-0.15, -0.1) is 0 Å². The predicted molar refractivity (Wildman–Crippen MR) is 71.6 cm³/mol. The first-order valence-corrected chi connectivity index (χ1v) is 5.98. The molecule has 0 unspecified atom stereocenters. The number of hydrogen-bond acceptors (Lipinski definition) is 3. The molecule has 20 heavy (non-hydrogen) atoms. The summed E-state index contributed by atoms with van der Waals surface area (Å²) < 4.78 is 26.0. The Balaban J connectivity index is 1.95. The van der Waals surface area contributed by atoms with Gasteiger partial charge in [0, 0.05) is 30.4 Å². The third-order valence-electron chi connectivity index (χ3n) is 2.72. The van der Waals surface area contributed by atoms with Crippen molar-refractivity contribution < 1.29 is 13.7 Å². The van der Waals surface area contributed by atoms with Crippen LogP contribution < -0.4 is 5.32 Å². The van der Waals surface area contributed by atoms with Crippen LogP contribution in [-0.2, 0) is 6.42 Å². The second-order valence-electron chi connectivity index (χ2n) is 4.26. The smallest absolute Gasteiger partial charge is 0.271 e. The van der Waals surface area contributed by atoms with Crippen LogP contribution in [0, 0.1) is 21.7 Å². The first-order chi connectivity index (χ1) is 9.54. The lowest BCUT2D eigenvalue weighted by Gasteiger charge is -2.06. The molecule has 0 aliphatic heterocycles. The number of nitro benzene ring substituents is 1. The van der Waals surface area contributed by atoms with Crippen LogP contribution in [0.1, 0.15) is 5.56 Å². The molecule has 0 fully saturated rings. The van der Waals surface area contributed by atoms with Gasteiger partial charge in [-0.25, -0.2) is 8.78 Å². The van der Waals surface area contributed by atoms with Crippen molar-refractivity contribution in [2.75, 3.05) is 11.9 Å². The molecule has 0 aliphatic carbocycles. The van der Waals surface area contributed by atoms with Crippen molar-refractivity contribution in [1.29, 1.82) is 0 Å². The Morgan fingerprint density at radius 1 is 1.10 bits per heavy atom. The summed E-state index contributed by atoms with van der Waals surface area (Å²) in [5.74, 6) is -1.23. The van der Waals surface area contributed by atoms with Gasteiger partial charge in [0.25, 0.3) is 5.69 Å². The minimum atomic E-state index is -0.615. The Bertz CT molecular complexity index is 612. The molecule has 0 aliphatic rings. The van der Waals surface area contributed by atoms with Crippen molar-refractivity contribution in [3.8, 4) is 0 Å². The zero-order valence-corrected chi connectivity index (χ0v) is 10.5. The largest absolute Gasteiger partial charge is 0.385 e. The van der Waals surface area contributed by atoms with Crippen molar-refractivity contribution in [3.05, 3.63) is 69.8 Å². The van der Waals surface area contributed by atoms with Crippen molar-refractivity contribution in [2.45, 2.75) is 6.42 Å². The maximum atomic E-state index is 13.0. The van der Waals surface area contributed by atoms with Crippen molar-refractivity contribution >= 4 is 11.4 Å². The molecule has 2 rings (SSSR count). The van der Waals surface area contributed by atoms with Gasteiger partial charge in [0.15, 0.2) is 0 Å². The maximum Gasteiger partial charge on any atom is 0.271 e. The standard InChI is InChI=1S/C14H12F2N2O2/c15-11-6-10(7-12(16)8-11)4-5-17-13-2-1-3-14(9-13)18(19)20/h1-3,6-9,17H,4-5H2. The number of nitrogens with zero attached hydrogens (tertiary/aromatic N) is 1. The summed E-state index contributed by atoms with van der Waals surface area (Å²) in [6.45, 7) is 0.421. The second-order valence-corrected chi connectivity index (χ2v) is 4.26. The molecule has 6 heteroatoms. The zero-order chi connectivity index (χ0) is 14.5. The fraction of sp³-hybridized carbons (Fsp3) is 0.143. The predicted octanol–water partition coefficient (Wildman–Crippen LogP) is 3.53. The summed E-state index contributed by atoms with van der Waals surface area (Å²) in [5.41, 5.74) is 1.11. The summed E-state index contributed by atoms with van der Waals surface area (Å²) in [6.07, 6.45) is 0.414.